The molecule has 0 unspecified atom stereocenters. The number of aryl methyl sites for hydroxylation is 2. The van der Waals surface area contributed by atoms with Gasteiger partial charge in [-0.2, -0.15) is 4.31 Å². The lowest BCUT2D eigenvalue weighted by atomic mass is 10.1. The fourth-order valence-corrected chi connectivity index (χ4v) is 5.98. The van der Waals surface area contributed by atoms with Crippen LogP contribution in [0.25, 0.3) is 10.2 Å². The maximum Gasteiger partial charge on any atom is 0.257 e. The average molecular weight is 474 g/mol. The van der Waals surface area contributed by atoms with Gasteiger partial charge in [0, 0.05) is 18.7 Å². The highest BCUT2D eigenvalue weighted by molar-refractivity contribution is 7.89. The lowest BCUT2D eigenvalue weighted by Crippen LogP contribution is -2.33. The molecule has 1 heterocycles. The van der Waals surface area contributed by atoms with E-state index in [-0.39, 0.29) is 10.8 Å². The predicted molar refractivity (Wildman–Crippen MR) is 132 cm³/mol. The number of rotatable bonds is 10. The lowest BCUT2D eigenvalue weighted by molar-refractivity contribution is 0.102. The highest BCUT2D eigenvalue weighted by Crippen LogP contribution is 2.30. The molecule has 0 aliphatic carbocycles. The standard InChI is InChI=1S/C24H31N3O3S2/c1-5-7-13-27(14-8-6-2)32(29,30)20-11-9-19(10-12-20)23(28)26-24-25-21-16-17(3)15-18(4)22(21)31-24/h9-12,15-16H,5-8,13-14H2,1-4H3,(H,25,26,28). The van der Waals surface area contributed by atoms with E-state index in [1.807, 2.05) is 33.8 Å². The molecule has 0 fully saturated rings. The van der Waals surface area contributed by atoms with Crippen molar-refractivity contribution >= 4 is 42.6 Å². The summed E-state index contributed by atoms with van der Waals surface area (Å²) in [6.45, 7) is 9.17. The van der Waals surface area contributed by atoms with E-state index in [2.05, 4.69) is 16.4 Å². The Kier molecular flexibility index (Phi) is 8.03. The number of nitrogens with zero attached hydrogens (tertiary/aromatic N) is 2. The van der Waals surface area contributed by atoms with Crippen molar-refractivity contribution < 1.29 is 13.2 Å². The number of anilines is 1. The van der Waals surface area contributed by atoms with E-state index < -0.39 is 10.0 Å². The fraction of sp³-hybridized carbons (Fsp3) is 0.417. The number of sulfonamides is 1. The maximum atomic E-state index is 13.1. The quantitative estimate of drug-likeness (QED) is 0.406. The molecule has 172 valence electrons. The van der Waals surface area contributed by atoms with E-state index in [1.54, 1.807) is 16.4 Å². The van der Waals surface area contributed by atoms with Crippen LogP contribution in [0.2, 0.25) is 0 Å². The van der Waals surface area contributed by atoms with Crippen molar-refractivity contribution in [2.45, 2.75) is 58.3 Å². The molecule has 2 aromatic carbocycles. The molecular weight excluding hydrogens is 442 g/mol. The number of unbranched alkanes of at least 4 members (excludes halogenated alkanes) is 2. The van der Waals surface area contributed by atoms with Crippen molar-refractivity contribution in [3.63, 3.8) is 0 Å². The Morgan fingerprint density at radius 1 is 1.03 bits per heavy atom. The van der Waals surface area contributed by atoms with Gasteiger partial charge in [-0.05, 0) is 68.1 Å². The van der Waals surface area contributed by atoms with Crippen LogP contribution in [0.4, 0.5) is 5.13 Å². The molecule has 6 nitrogen and oxygen atoms in total. The average Bonchev–Trinajstić information content (AvgIpc) is 3.16. The van der Waals surface area contributed by atoms with Gasteiger partial charge in [0.05, 0.1) is 15.1 Å². The van der Waals surface area contributed by atoms with Gasteiger partial charge in [0.15, 0.2) is 5.13 Å². The van der Waals surface area contributed by atoms with Gasteiger partial charge >= 0.3 is 0 Å². The van der Waals surface area contributed by atoms with Crippen LogP contribution in [0.1, 0.15) is 61.0 Å². The second-order valence-corrected chi connectivity index (χ2v) is 11.0. The van der Waals surface area contributed by atoms with E-state index in [0.29, 0.717) is 23.8 Å². The Labute approximate surface area is 194 Å². The summed E-state index contributed by atoms with van der Waals surface area (Å²) in [5, 5.41) is 3.37. The van der Waals surface area contributed by atoms with Crippen LogP contribution < -0.4 is 5.32 Å². The van der Waals surface area contributed by atoms with Crippen molar-refractivity contribution in [1.29, 1.82) is 0 Å². The lowest BCUT2D eigenvalue weighted by Gasteiger charge is -2.22. The number of thiazole rings is 1. The Bertz CT molecular complexity index is 1180. The highest BCUT2D eigenvalue weighted by atomic mass is 32.2. The molecule has 0 bridgehead atoms. The van der Waals surface area contributed by atoms with E-state index in [1.165, 1.54) is 23.5 Å². The minimum Gasteiger partial charge on any atom is -0.298 e. The van der Waals surface area contributed by atoms with Gasteiger partial charge in [0.1, 0.15) is 0 Å². The number of carbonyl (C=O) groups excluding carboxylic acids is 1. The van der Waals surface area contributed by atoms with Crippen molar-refractivity contribution in [3.8, 4) is 0 Å². The van der Waals surface area contributed by atoms with Gasteiger partial charge < -0.3 is 0 Å². The number of carbonyl (C=O) groups is 1. The SMILES string of the molecule is CCCCN(CCCC)S(=O)(=O)c1ccc(C(=O)Nc2nc3cc(C)cc(C)c3s2)cc1. The monoisotopic (exact) mass is 473 g/mol. The molecule has 1 N–H and O–H groups in total. The number of nitrogens with one attached hydrogen (secondary N) is 1. The molecule has 0 saturated heterocycles. The molecule has 0 spiro atoms. The van der Waals surface area contributed by atoms with Crippen LogP contribution in [0.15, 0.2) is 41.3 Å². The Hall–Kier alpha value is -2.29. The third-order valence-corrected chi connectivity index (χ3v) is 8.35. The number of amides is 1. The molecule has 0 aliphatic rings. The third kappa shape index (κ3) is 5.54. The molecule has 3 rings (SSSR count). The molecule has 1 aromatic heterocycles. The Morgan fingerprint density at radius 3 is 2.25 bits per heavy atom. The van der Waals surface area contributed by atoms with Crippen LogP contribution >= 0.6 is 11.3 Å². The van der Waals surface area contributed by atoms with Crippen LogP contribution in [-0.4, -0.2) is 36.7 Å². The van der Waals surface area contributed by atoms with Crippen molar-refractivity contribution in [3.05, 3.63) is 53.1 Å². The first-order chi connectivity index (χ1) is 15.3. The van der Waals surface area contributed by atoms with E-state index in [0.717, 1.165) is 47.0 Å². The molecule has 8 heteroatoms. The summed E-state index contributed by atoms with van der Waals surface area (Å²) in [6.07, 6.45) is 3.51. The van der Waals surface area contributed by atoms with Gasteiger partial charge in [0.25, 0.3) is 5.91 Å². The molecule has 3 aromatic rings. The Balaban J connectivity index is 1.76. The number of hydrogen-bond acceptors (Lipinski definition) is 5. The van der Waals surface area contributed by atoms with Gasteiger partial charge in [0.2, 0.25) is 10.0 Å². The van der Waals surface area contributed by atoms with Gasteiger partial charge in [-0.25, -0.2) is 13.4 Å². The summed E-state index contributed by atoms with van der Waals surface area (Å²) in [6, 6.07) is 10.2. The molecule has 0 aliphatic heterocycles. The van der Waals surface area contributed by atoms with Crippen molar-refractivity contribution in [2.24, 2.45) is 0 Å². The molecule has 0 saturated carbocycles. The fourth-order valence-electron chi connectivity index (χ4n) is 3.55. The van der Waals surface area contributed by atoms with Gasteiger partial charge in [-0.3, -0.25) is 10.1 Å². The summed E-state index contributed by atoms with van der Waals surface area (Å²) >= 11 is 1.44. The minimum absolute atomic E-state index is 0.215. The first kappa shape index (κ1) is 24.4. The minimum atomic E-state index is -3.58. The molecule has 1 amide bonds. The Morgan fingerprint density at radius 2 is 1.66 bits per heavy atom. The summed E-state index contributed by atoms with van der Waals surface area (Å²) in [5.41, 5.74) is 3.51. The first-order valence-corrected chi connectivity index (χ1v) is 13.3. The topological polar surface area (TPSA) is 79.4 Å². The number of benzene rings is 2. The van der Waals surface area contributed by atoms with E-state index in [9.17, 15) is 13.2 Å². The number of fused-ring (bicyclic) bond motifs is 1. The summed E-state index contributed by atoms with van der Waals surface area (Å²) in [5.74, 6) is -0.309. The van der Waals surface area contributed by atoms with E-state index >= 15 is 0 Å². The normalized spacial score (nSPS) is 11.9. The highest BCUT2D eigenvalue weighted by Gasteiger charge is 2.24. The molecule has 0 radical (unpaired) electrons. The van der Waals surface area contributed by atoms with Crippen LogP contribution in [0, 0.1) is 13.8 Å². The molecular formula is C24H31N3O3S2. The maximum absolute atomic E-state index is 13.1. The number of aromatic nitrogens is 1. The number of hydrogen-bond donors (Lipinski definition) is 1. The predicted octanol–water partition coefficient (Wildman–Crippen LogP) is 5.76. The zero-order valence-electron chi connectivity index (χ0n) is 19.1. The van der Waals surface area contributed by atoms with E-state index in [4.69, 9.17) is 0 Å². The zero-order chi connectivity index (χ0) is 23.3. The van der Waals surface area contributed by atoms with Crippen molar-refractivity contribution in [2.75, 3.05) is 18.4 Å². The van der Waals surface area contributed by atoms with Crippen molar-refractivity contribution in [1.82, 2.24) is 9.29 Å². The van der Waals surface area contributed by atoms with Crippen LogP contribution in [-0.2, 0) is 10.0 Å². The summed E-state index contributed by atoms with van der Waals surface area (Å²) < 4.78 is 28.8. The molecule has 0 atom stereocenters. The molecule has 32 heavy (non-hydrogen) atoms. The second kappa shape index (κ2) is 10.6. The van der Waals surface area contributed by atoms with Crippen LogP contribution in [0.5, 0.6) is 0 Å². The smallest absolute Gasteiger partial charge is 0.257 e. The summed E-state index contributed by atoms with van der Waals surface area (Å²) in [7, 11) is -3.58. The van der Waals surface area contributed by atoms with Gasteiger partial charge in [-0.1, -0.05) is 44.1 Å². The third-order valence-electron chi connectivity index (χ3n) is 5.32. The largest absolute Gasteiger partial charge is 0.298 e. The summed E-state index contributed by atoms with van der Waals surface area (Å²) in [4.78, 5) is 17.5. The zero-order valence-corrected chi connectivity index (χ0v) is 20.8. The first-order valence-electron chi connectivity index (χ1n) is 11.1. The van der Waals surface area contributed by atoms with Crippen LogP contribution in [0.3, 0.4) is 0 Å². The second-order valence-electron chi connectivity index (χ2n) is 8.04. The van der Waals surface area contributed by atoms with Gasteiger partial charge in [-0.15, -0.1) is 0 Å².